The predicted octanol–water partition coefficient (Wildman–Crippen LogP) is 7.46. The van der Waals surface area contributed by atoms with Gasteiger partial charge < -0.3 is 19.3 Å². The van der Waals surface area contributed by atoms with E-state index >= 15 is 0 Å². The minimum atomic E-state index is -0.679. The van der Waals surface area contributed by atoms with Gasteiger partial charge in [-0.05, 0) is 25.7 Å². The van der Waals surface area contributed by atoms with E-state index in [0.717, 1.165) is 38.5 Å². The van der Waals surface area contributed by atoms with E-state index in [1.807, 2.05) is 0 Å². The van der Waals surface area contributed by atoms with Crippen molar-refractivity contribution < 1.29 is 33.7 Å². The number of ether oxygens (including phenoxy) is 3. The highest BCUT2D eigenvalue weighted by atomic mass is 79.9. The fourth-order valence-corrected chi connectivity index (χ4v) is 4.48. The molecule has 0 amide bonds. The van der Waals surface area contributed by atoms with Gasteiger partial charge in [-0.3, -0.25) is 14.4 Å². The quantitative estimate of drug-likeness (QED) is 0.0626. The van der Waals surface area contributed by atoms with E-state index in [1.165, 1.54) is 64.2 Å². The molecule has 0 heterocycles. The molecular formula is C30H55BrO7. The van der Waals surface area contributed by atoms with Gasteiger partial charge >= 0.3 is 5.97 Å². The zero-order chi connectivity index (χ0) is 27.9. The Labute approximate surface area is 240 Å². The van der Waals surface area contributed by atoms with Crippen LogP contribution in [0.15, 0.2) is 0 Å². The molecule has 0 radical (unpaired) electrons. The van der Waals surface area contributed by atoms with E-state index < -0.39 is 5.97 Å². The van der Waals surface area contributed by atoms with Crippen molar-refractivity contribution in [3.8, 4) is 0 Å². The molecule has 0 atom stereocenters. The first-order valence-electron chi connectivity index (χ1n) is 15.1. The molecule has 8 heteroatoms. The first kappa shape index (κ1) is 37.2. The molecule has 0 rings (SSSR count). The Morgan fingerprint density at radius 3 is 1.13 bits per heavy atom. The molecule has 0 aliphatic carbocycles. The second-order valence-corrected chi connectivity index (χ2v) is 10.7. The Hall–Kier alpha value is -0.830. The molecular weight excluding hydrogens is 552 g/mol. The molecule has 0 aromatic heterocycles. The molecule has 1 N–H and O–H groups in total. The van der Waals surface area contributed by atoms with Gasteiger partial charge in [0.15, 0.2) is 0 Å². The van der Waals surface area contributed by atoms with Gasteiger partial charge in [0.2, 0.25) is 0 Å². The van der Waals surface area contributed by atoms with Gasteiger partial charge in [0.05, 0.1) is 31.8 Å². The van der Waals surface area contributed by atoms with Crippen LogP contribution >= 0.6 is 15.9 Å². The lowest BCUT2D eigenvalue weighted by Crippen LogP contribution is -2.11. The van der Waals surface area contributed by atoms with Crippen molar-refractivity contribution in [3.63, 3.8) is 0 Å². The van der Waals surface area contributed by atoms with Gasteiger partial charge in [-0.15, -0.1) is 0 Å². The molecule has 0 unspecified atom stereocenters. The summed E-state index contributed by atoms with van der Waals surface area (Å²) < 4.78 is 16.4. The fourth-order valence-electron chi connectivity index (χ4n) is 4.20. The molecule has 0 aromatic rings. The zero-order valence-corrected chi connectivity index (χ0v) is 25.5. The Kier molecular flexibility index (Phi) is 30.0. The molecule has 0 saturated carbocycles. The number of carbonyl (C=O) groups is 3. The molecule has 0 saturated heterocycles. The molecule has 0 spiro atoms. The van der Waals surface area contributed by atoms with Crippen LogP contribution in [0.3, 0.4) is 0 Å². The molecule has 0 aliphatic rings. The highest BCUT2D eigenvalue weighted by molar-refractivity contribution is 9.09. The third kappa shape index (κ3) is 31.4. The largest absolute Gasteiger partial charge is 0.481 e. The topological polar surface area (TPSA) is 99.1 Å². The van der Waals surface area contributed by atoms with Crippen molar-refractivity contribution in [1.29, 1.82) is 0 Å². The van der Waals surface area contributed by atoms with Crippen LogP contribution in [0.2, 0.25) is 0 Å². The zero-order valence-electron chi connectivity index (χ0n) is 23.9. The Morgan fingerprint density at radius 2 is 0.737 bits per heavy atom. The Balaban J connectivity index is 3.18. The van der Waals surface area contributed by atoms with Crippen LogP contribution in [0.5, 0.6) is 0 Å². The summed E-state index contributed by atoms with van der Waals surface area (Å²) in [5, 5.41) is 9.02. The maximum Gasteiger partial charge on any atom is 0.303 e. The van der Waals surface area contributed by atoms with E-state index in [2.05, 4.69) is 15.9 Å². The van der Waals surface area contributed by atoms with E-state index in [0.29, 0.717) is 76.4 Å². The highest BCUT2D eigenvalue weighted by Crippen LogP contribution is 2.14. The molecule has 0 aliphatic heterocycles. The van der Waals surface area contributed by atoms with Crippen LogP contribution in [0.25, 0.3) is 0 Å². The number of carboxylic acids is 1. The van der Waals surface area contributed by atoms with Crippen LogP contribution in [-0.2, 0) is 28.6 Å². The number of alkyl halides is 1. The lowest BCUT2D eigenvalue weighted by atomic mass is 10.0. The van der Waals surface area contributed by atoms with E-state index in [1.54, 1.807) is 0 Å². The summed E-state index contributed by atoms with van der Waals surface area (Å²) >= 11 is 3.14. The van der Waals surface area contributed by atoms with E-state index in [9.17, 15) is 14.4 Å². The van der Waals surface area contributed by atoms with Crippen molar-refractivity contribution >= 4 is 33.5 Å². The van der Waals surface area contributed by atoms with Crippen LogP contribution in [-0.4, -0.2) is 67.6 Å². The summed E-state index contributed by atoms with van der Waals surface area (Å²) in [7, 11) is 0. The summed E-state index contributed by atoms with van der Waals surface area (Å²) in [5.74, 6) is -0.131. The van der Waals surface area contributed by atoms with Crippen molar-refractivity contribution in [2.45, 2.75) is 128 Å². The first-order valence-corrected chi connectivity index (χ1v) is 16.2. The molecule has 0 fully saturated rings. The normalized spacial score (nSPS) is 11.2. The number of ketones is 2. The third-order valence-electron chi connectivity index (χ3n) is 6.48. The van der Waals surface area contributed by atoms with Crippen LogP contribution < -0.4 is 0 Å². The van der Waals surface area contributed by atoms with E-state index in [4.69, 9.17) is 19.3 Å². The average Bonchev–Trinajstić information content (AvgIpc) is 2.90. The van der Waals surface area contributed by atoms with Gasteiger partial charge in [0, 0.05) is 38.9 Å². The number of hydrogen-bond acceptors (Lipinski definition) is 6. The summed E-state index contributed by atoms with van der Waals surface area (Å²) in [6, 6.07) is 0. The average molecular weight is 608 g/mol. The van der Waals surface area contributed by atoms with E-state index in [-0.39, 0.29) is 5.78 Å². The number of Topliss-reactive ketones (excluding diaryl/α,β-unsaturated/α-hetero) is 2. The highest BCUT2D eigenvalue weighted by Gasteiger charge is 2.03. The van der Waals surface area contributed by atoms with Crippen LogP contribution in [0.1, 0.15) is 128 Å². The number of unbranched alkanes of at least 4 members (excludes halogenated alkanes) is 13. The number of hydrogen-bond donors (Lipinski definition) is 1. The lowest BCUT2D eigenvalue weighted by molar-refractivity contribution is -0.137. The van der Waals surface area contributed by atoms with Gasteiger partial charge in [0.25, 0.3) is 0 Å². The number of halogens is 1. The Bertz CT molecular complexity index is 557. The third-order valence-corrected chi connectivity index (χ3v) is 7.10. The number of aliphatic carboxylic acids is 1. The number of rotatable bonds is 32. The van der Waals surface area contributed by atoms with Crippen molar-refractivity contribution in [2.75, 3.05) is 45.0 Å². The minimum Gasteiger partial charge on any atom is -0.481 e. The minimum absolute atomic E-state index is 0.199. The standard InChI is InChI=1S/C30H55BrO7/c31-27-29(33)19-16-22-37-24-26-38-25-23-36-21-15-18-28(32)17-13-11-9-7-5-3-1-2-4-6-8-10-12-14-20-30(34)35/h1-27H2,(H,34,35). The molecule has 224 valence electrons. The first-order chi connectivity index (χ1) is 18.6. The van der Waals surface area contributed by atoms with Crippen LogP contribution in [0, 0.1) is 0 Å². The van der Waals surface area contributed by atoms with Crippen LogP contribution in [0.4, 0.5) is 0 Å². The number of carboxylic acid groups (broad SMARTS) is 1. The summed E-state index contributed by atoms with van der Waals surface area (Å²) in [6.45, 7) is 3.28. The monoisotopic (exact) mass is 606 g/mol. The molecule has 38 heavy (non-hydrogen) atoms. The maximum atomic E-state index is 12.0. The lowest BCUT2D eigenvalue weighted by Gasteiger charge is -2.07. The number of carbonyl (C=O) groups excluding carboxylic acids is 2. The van der Waals surface area contributed by atoms with Gasteiger partial charge in [-0.25, -0.2) is 0 Å². The molecule has 0 bridgehead atoms. The predicted molar refractivity (Wildman–Crippen MR) is 156 cm³/mol. The Morgan fingerprint density at radius 1 is 0.421 bits per heavy atom. The van der Waals surface area contributed by atoms with Gasteiger partial charge in [-0.1, -0.05) is 93.0 Å². The van der Waals surface area contributed by atoms with Crippen molar-refractivity contribution in [1.82, 2.24) is 0 Å². The maximum absolute atomic E-state index is 12.0. The second kappa shape index (κ2) is 30.7. The summed E-state index contributed by atoms with van der Waals surface area (Å²) in [5.41, 5.74) is 0. The summed E-state index contributed by atoms with van der Waals surface area (Å²) in [4.78, 5) is 33.6. The summed E-state index contributed by atoms with van der Waals surface area (Å²) in [6.07, 6.45) is 20.5. The van der Waals surface area contributed by atoms with Gasteiger partial charge in [0.1, 0.15) is 11.6 Å². The van der Waals surface area contributed by atoms with Crippen molar-refractivity contribution in [3.05, 3.63) is 0 Å². The van der Waals surface area contributed by atoms with Crippen molar-refractivity contribution in [2.24, 2.45) is 0 Å². The van der Waals surface area contributed by atoms with Gasteiger partial charge in [-0.2, -0.15) is 0 Å². The fraction of sp³-hybridized carbons (Fsp3) is 0.900. The second-order valence-electron chi connectivity index (χ2n) is 10.1. The smallest absolute Gasteiger partial charge is 0.303 e. The molecule has 0 aromatic carbocycles. The SMILES string of the molecule is O=C(O)CCCCCCCCCCCCCCCCC(=O)CCCOCCOCCOCCCC(=O)CBr. The molecule has 7 nitrogen and oxygen atoms in total.